The molecule has 6 nitrogen and oxygen atoms in total. The summed E-state index contributed by atoms with van der Waals surface area (Å²) < 4.78 is 5.93. The Morgan fingerprint density at radius 2 is 1.74 bits per heavy atom. The van der Waals surface area contributed by atoms with E-state index in [0.717, 1.165) is 48.2 Å². The van der Waals surface area contributed by atoms with Gasteiger partial charge in [-0.3, -0.25) is 4.79 Å². The maximum atomic E-state index is 13.3. The highest BCUT2D eigenvalue weighted by atomic mass is 16.5. The van der Waals surface area contributed by atoms with Crippen LogP contribution in [0, 0.1) is 0 Å². The Hall–Kier alpha value is -3.38. The Morgan fingerprint density at radius 3 is 2.50 bits per heavy atom. The number of aromatic nitrogens is 1. The lowest BCUT2D eigenvalue weighted by Gasteiger charge is -2.28. The Labute approximate surface area is 201 Å². The van der Waals surface area contributed by atoms with E-state index in [-0.39, 0.29) is 5.91 Å². The predicted molar refractivity (Wildman–Crippen MR) is 135 cm³/mol. The summed E-state index contributed by atoms with van der Waals surface area (Å²) in [5, 5.41) is 0. The van der Waals surface area contributed by atoms with E-state index in [1.807, 2.05) is 60.7 Å². The van der Waals surface area contributed by atoms with Gasteiger partial charge < -0.3 is 20.3 Å². The minimum Gasteiger partial charge on any atom is -0.485 e. The molecule has 0 aliphatic carbocycles. The van der Waals surface area contributed by atoms with Gasteiger partial charge in [0.2, 0.25) is 0 Å². The average molecular weight is 457 g/mol. The molecule has 2 fully saturated rings. The number of ether oxygens (including phenoxy) is 1. The molecular weight excluding hydrogens is 424 g/mol. The number of carbonyl (C=O) groups is 1. The summed E-state index contributed by atoms with van der Waals surface area (Å²) in [5.41, 5.74) is 9.74. The number of likely N-dealkylation sites (tertiary alicyclic amines) is 2. The summed E-state index contributed by atoms with van der Waals surface area (Å²) in [6.07, 6.45) is 6.49. The standard InChI is InChI=1S/C28H32N4O2/c29-27-26(34-20-21-7-2-1-3-8-21)17-24(18-30-27)22-10-12-23(13-11-22)28(33)32-16-6-9-25(32)19-31-14-4-5-15-31/h1-3,7-8,10-13,17-18,25H,4-6,9,14-16,19-20H2,(H2,29,30)/t25-/m1/s1. The van der Waals surface area contributed by atoms with E-state index in [1.54, 1.807) is 6.20 Å². The van der Waals surface area contributed by atoms with Crippen LogP contribution in [0.3, 0.4) is 0 Å². The largest absolute Gasteiger partial charge is 0.485 e. The van der Waals surface area contributed by atoms with Gasteiger partial charge in [-0.15, -0.1) is 0 Å². The van der Waals surface area contributed by atoms with Gasteiger partial charge in [-0.1, -0.05) is 42.5 Å². The fraction of sp³-hybridized carbons (Fsp3) is 0.357. The van der Waals surface area contributed by atoms with Gasteiger partial charge in [0.15, 0.2) is 11.6 Å². The van der Waals surface area contributed by atoms with Crippen molar-refractivity contribution in [3.8, 4) is 16.9 Å². The quantitative estimate of drug-likeness (QED) is 0.562. The lowest BCUT2D eigenvalue weighted by Crippen LogP contribution is -2.42. The van der Waals surface area contributed by atoms with Gasteiger partial charge in [-0.25, -0.2) is 4.98 Å². The molecule has 1 amide bonds. The minimum absolute atomic E-state index is 0.135. The molecule has 6 heteroatoms. The van der Waals surface area contributed by atoms with Crippen LogP contribution in [0.25, 0.3) is 11.1 Å². The maximum absolute atomic E-state index is 13.3. The smallest absolute Gasteiger partial charge is 0.254 e. The summed E-state index contributed by atoms with van der Waals surface area (Å²) in [6.45, 7) is 4.62. The van der Waals surface area contributed by atoms with Crippen molar-refractivity contribution in [3.63, 3.8) is 0 Å². The number of carbonyl (C=O) groups excluding carboxylic acids is 1. The first-order valence-electron chi connectivity index (χ1n) is 12.2. The van der Waals surface area contributed by atoms with Crippen molar-refractivity contribution in [3.05, 3.63) is 78.0 Å². The molecule has 5 rings (SSSR count). The number of rotatable bonds is 7. The van der Waals surface area contributed by atoms with Gasteiger partial charge in [0, 0.05) is 36.5 Å². The SMILES string of the molecule is Nc1ncc(-c2ccc(C(=O)N3CCC[C@@H]3CN3CCCC3)cc2)cc1OCc1ccccc1. The maximum Gasteiger partial charge on any atom is 0.254 e. The van der Waals surface area contributed by atoms with Gasteiger partial charge in [0.25, 0.3) is 5.91 Å². The lowest BCUT2D eigenvalue weighted by molar-refractivity contribution is 0.0709. The molecule has 1 atom stereocenters. The number of benzene rings is 2. The van der Waals surface area contributed by atoms with Crippen LogP contribution in [0.15, 0.2) is 66.9 Å². The molecule has 0 saturated carbocycles. The van der Waals surface area contributed by atoms with E-state index < -0.39 is 0 Å². The molecule has 1 aromatic heterocycles. The summed E-state index contributed by atoms with van der Waals surface area (Å²) in [6, 6.07) is 20.0. The van der Waals surface area contributed by atoms with Crippen LogP contribution in [0.4, 0.5) is 5.82 Å². The summed E-state index contributed by atoms with van der Waals surface area (Å²) in [7, 11) is 0. The first-order chi connectivity index (χ1) is 16.7. The molecule has 0 bridgehead atoms. The molecular formula is C28H32N4O2. The van der Waals surface area contributed by atoms with Gasteiger partial charge >= 0.3 is 0 Å². The molecule has 0 unspecified atom stereocenters. The third kappa shape index (κ3) is 5.07. The Morgan fingerprint density at radius 1 is 0.971 bits per heavy atom. The topological polar surface area (TPSA) is 71.7 Å². The van der Waals surface area contributed by atoms with Crippen molar-refractivity contribution in [1.29, 1.82) is 0 Å². The second kappa shape index (κ2) is 10.3. The summed E-state index contributed by atoms with van der Waals surface area (Å²) >= 11 is 0. The highest BCUT2D eigenvalue weighted by Gasteiger charge is 2.31. The number of nitrogens with zero attached hydrogens (tertiary/aromatic N) is 3. The van der Waals surface area contributed by atoms with E-state index in [4.69, 9.17) is 10.5 Å². The van der Waals surface area contributed by atoms with Gasteiger partial charge in [-0.05, 0) is 68.1 Å². The molecule has 0 radical (unpaired) electrons. The van der Waals surface area contributed by atoms with E-state index in [1.165, 1.54) is 25.9 Å². The zero-order valence-electron chi connectivity index (χ0n) is 19.5. The molecule has 3 heterocycles. The Kier molecular flexibility index (Phi) is 6.77. The van der Waals surface area contributed by atoms with Gasteiger partial charge in [0.05, 0.1) is 0 Å². The zero-order valence-corrected chi connectivity index (χ0v) is 19.5. The fourth-order valence-corrected chi connectivity index (χ4v) is 4.99. The van der Waals surface area contributed by atoms with Crippen LogP contribution in [-0.4, -0.2) is 52.9 Å². The third-order valence-electron chi connectivity index (χ3n) is 6.89. The van der Waals surface area contributed by atoms with Crippen LogP contribution in [0.5, 0.6) is 5.75 Å². The van der Waals surface area contributed by atoms with Crippen molar-refractivity contribution in [2.24, 2.45) is 0 Å². The Bertz CT molecular complexity index is 1110. The highest BCUT2D eigenvalue weighted by molar-refractivity contribution is 5.95. The number of hydrogen-bond donors (Lipinski definition) is 1. The molecule has 176 valence electrons. The van der Waals surface area contributed by atoms with Crippen molar-refractivity contribution in [2.75, 3.05) is 31.9 Å². The van der Waals surface area contributed by atoms with Crippen LogP contribution < -0.4 is 10.5 Å². The molecule has 0 spiro atoms. The summed E-state index contributed by atoms with van der Waals surface area (Å²) in [5.74, 6) is 1.06. The number of nitrogens with two attached hydrogens (primary N) is 1. The molecule has 2 N–H and O–H groups in total. The normalized spacial score (nSPS) is 18.4. The average Bonchev–Trinajstić information content (AvgIpc) is 3.56. The monoisotopic (exact) mass is 456 g/mol. The highest BCUT2D eigenvalue weighted by Crippen LogP contribution is 2.29. The van der Waals surface area contributed by atoms with Crippen LogP contribution in [0.1, 0.15) is 41.6 Å². The molecule has 2 saturated heterocycles. The zero-order chi connectivity index (χ0) is 23.3. The second-order valence-corrected chi connectivity index (χ2v) is 9.26. The second-order valence-electron chi connectivity index (χ2n) is 9.26. The molecule has 2 aliphatic rings. The van der Waals surface area contributed by atoms with Crippen LogP contribution in [-0.2, 0) is 6.61 Å². The van der Waals surface area contributed by atoms with Crippen LogP contribution >= 0.6 is 0 Å². The van der Waals surface area contributed by atoms with Gasteiger partial charge in [-0.2, -0.15) is 0 Å². The van der Waals surface area contributed by atoms with Crippen LogP contribution in [0.2, 0.25) is 0 Å². The van der Waals surface area contributed by atoms with Crippen molar-refractivity contribution in [2.45, 2.75) is 38.3 Å². The number of pyridine rings is 1. The van der Waals surface area contributed by atoms with Crippen molar-refractivity contribution in [1.82, 2.24) is 14.8 Å². The lowest BCUT2D eigenvalue weighted by atomic mass is 10.0. The van der Waals surface area contributed by atoms with E-state index in [0.29, 0.717) is 24.2 Å². The third-order valence-corrected chi connectivity index (χ3v) is 6.89. The predicted octanol–water partition coefficient (Wildman–Crippen LogP) is 4.61. The van der Waals surface area contributed by atoms with Crippen molar-refractivity contribution < 1.29 is 9.53 Å². The van der Waals surface area contributed by atoms with E-state index >= 15 is 0 Å². The Balaban J connectivity index is 1.26. The number of hydrogen-bond acceptors (Lipinski definition) is 5. The fourth-order valence-electron chi connectivity index (χ4n) is 4.99. The molecule has 2 aliphatic heterocycles. The molecule has 3 aromatic rings. The minimum atomic E-state index is 0.135. The summed E-state index contributed by atoms with van der Waals surface area (Å²) in [4.78, 5) is 22.2. The van der Waals surface area contributed by atoms with Crippen molar-refractivity contribution >= 4 is 11.7 Å². The van der Waals surface area contributed by atoms with Gasteiger partial charge in [0.1, 0.15) is 6.61 Å². The first-order valence-corrected chi connectivity index (χ1v) is 12.2. The van der Waals surface area contributed by atoms with E-state index in [9.17, 15) is 4.79 Å². The first kappa shape index (κ1) is 22.4. The molecule has 34 heavy (non-hydrogen) atoms. The number of nitrogen functional groups attached to an aromatic ring is 1. The number of anilines is 1. The van der Waals surface area contributed by atoms with E-state index in [2.05, 4.69) is 14.8 Å². The number of amides is 1. The molecule has 2 aromatic carbocycles.